The standard InChI is InChI=1S/C7H9Cl2N3O/c8-6-5(4(13)1-2-10)7(9)12-3-11-6/h3-4,13H,1-2,10H2. The van der Waals surface area contributed by atoms with Crippen LogP contribution in [0.4, 0.5) is 0 Å². The summed E-state index contributed by atoms with van der Waals surface area (Å²) in [5.41, 5.74) is 5.62. The third-order valence-electron chi connectivity index (χ3n) is 1.56. The zero-order chi connectivity index (χ0) is 9.84. The summed E-state index contributed by atoms with van der Waals surface area (Å²) in [6, 6.07) is 0. The highest BCUT2D eigenvalue weighted by Gasteiger charge is 2.16. The van der Waals surface area contributed by atoms with Gasteiger partial charge in [0.05, 0.1) is 11.7 Å². The molecule has 1 rings (SSSR count). The first kappa shape index (κ1) is 10.7. The molecule has 1 atom stereocenters. The first-order valence-corrected chi connectivity index (χ1v) is 4.46. The molecule has 0 bridgehead atoms. The lowest BCUT2D eigenvalue weighted by atomic mass is 10.1. The van der Waals surface area contributed by atoms with E-state index in [9.17, 15) is 5.11 Å². The summed E-state index contributed by atoms with van der Waals surface area (Å²) in [7, 11) is 0. The molecule has 0 aliphatic carbocycles. The Bertz CT molecular complexity index is 275. The van der Waals surface area contributed by atoms with E-state index < -0.39 is 6.10 Å². The second kappa shape index (κ2) is 4.72. The number of nitrogens with zero attached hydrogens (tertiary/aromatic N) is 2. The molecular formula is C7H9Cl2N3O. The van der Waals surface area contributed by atoms with Crippen LogP contribution in [0, 0.1) is 0 Å². The third kappa shape index (κ3) is 2.51. The van der Waals surface area contributed by atoms with Gasteiger partial charge < -0.3 is 10.8 Å². The van der Waals surface area contributed by atoms with Gasteiger partial charge in [-0.05, 0) is 13.0 Å². The fourth-order valence-electron chi connectivity index (χ4n) is 0.932. The first-order valence-electron chi connectivity index (χ1n) is 3.70. The van der Waals surface area contributed by atoms with Crippen LogP contribution in [0.3, 0.4) is 0 Å². The molecule has 0 saturated carbocycles. The Morgan fingerprint density at radius 3 is 2.38 bits per heavy atom. The van der Waals surface area contributed by atoms with Crippen LogP contribution < -0.4 is 5.73 Å². The highest BCUT2D eigenvalue weighted by molar-refractivity contribution is 6.34. The van der Waals surface area contributed by atoms with Crippen molar-refractivity contribution in [2.24, 2.45) is 5.73 Å². The van der Waals surface area contributed by atoms with Gasteiger partial charge >= 0.3 is 0 Å². The summed E-state index contributed by atoms with van der Waals surface area (Å²) in [4.78, 5) is 7.42. The maximum Gasteiger partial charge on any atom is 0.139 e. The van der Waals surface area contributed by atoms with Crippen LogP contribution in [-0.2, 0) is 0 Å². The van der Waals surface area contributed by atoms with Crippen molar-refractivity contribution in [2.45, 2.75) is 12.5 Å². The van der Waals surface area contributed by atoms with E-state index in [-0.39, 0.29) is 10.3 Å². The molecular weight excluding hydrogens is 213 g/mol. The summed E-state index contributed by atoms with van der Waals surface area (Å²) < 4.78 is 0. The van der Waals surface area contributed by atoms with Gasteiger partial charge in [-0.3, -0.25) is 0 Å². The Morgan fingerprint density at radius 2 is 1.92 bits per heavy atom. The molecule has 1 aromatic heterocycles. The van der Waals surface area contributed by atoms with E-state index in [0.29, 0.717) is 18.5 Å². The summed E-state index contributed by atoms with van der Waals surface area (Å²) in [5.74, 6) is 0. The number of aliphatic hydroxyl groups excluding tert-OH is 1. The van der Waals surface area contributed by atoms with E-state index in [1.54, 1.807) is 0 Å². The minimum absolute atomic E-state index is 0.168. The molecule has 0 saturated heterocycles. The topological polar surface area (TPSA) is 72.0 Å². The van der Waals surface area contributed by atoms with E-state index >= 15 is 0 Å². The lowest BCUT2D eigenvalue weighted by Crippen LogP contribution is -2.08. The van der Waals surface area contributed by atoms with Crippen LogP contribution in [0.1, 0.15) is 18.1 Å². The zero-order valence-electron chi connectivity index (χ0n) is 6.74. The summed E-state index contributed by atoms with van der Waals surface area (Å²) >= 11 is 11.4. The number of hydrogen-bond donors (Lipinski definition) is 2. The minimum atomic E-state index is -0.800. The average molecular weight is 222 g/mol. The van der Waals surface area contributed by atoms with Gasteiger partial charge in [-0.15, -0.1) is 0 Å². The molecule has 13 heavy (non-hydrogen) atoms. The van der Waals surface area contributed by atoms with Crippen LogP contribution in [0.15, 0.2) is 6.33 Å². The van der Waals surface area contributed by atoms with Gasteiger partial charge in [0, 0.05) is 0 Å². The molecule has 0 spiro atoms. The number of halogens is 2. The van der Waals surface area contributed by atoms with Crippen molar-refractivity contribution >= 4 is 23.2 Å². The van der Waals surface area contributed by atoms with Gasteiger partial charge in [0.25, 0.3) is 0 Å². The van der Waals surface area contributed by atoms with Gasteiger partial charge in [-0.1, -0.05) is 23.2 Å². The lowest BCUT2D eigenvalue weighted by molar-refractivity contribution is 0.169. The molecule has 0 radical (unpaired) electrons. The molecule has 0 aliphatic rings. The molecule has 0 fully saturated rings. The monoisotopic (exact) mass is 221 g/mol. The molecule has 3 N–H and O–H groups in total. The highest BCUT2D eigenvalue weighted by atomic mass is 35.5. The molecule has 0 aromatic carbocycles. The fraction of sp³-hybridized carbons (Fsp3) is 0.429. The largest absolute Gasteiger partial charge is 0.388 e. The van der Waals surface area contributed by atoms with Crippen molar-refractivity contribution in [1.82, 2.24) is 9.97 Å². The minimum Gasteiger partial charge on any atom is -0.388 e. The Balaban J connectivity index is 2.98. The summed E-state index contributed by atoms with van der Waals surface area (Å²) in [6.45, 7) is 0.350. The molecule has 1 aromatic rings. The molecule has 72 valence electrons. The smallest absolute Gasteiger partial charge is 0.139 e. The van der Waals surface area contributed by atoms with Crippen LogP contribution in [0.2, 0.25) is 10.3 Å². The van der Waals surface area contributed by atoms with Crippen LogP contribution in [0.5, 0.6) is 0 Å². The van der Waals surface area contributed by atoms with Crippen LogP contribution in [-0.4, -0.2) is 21.6 Å². The van der Waals surface area contributed by atoms with E-state index in [4.69, 9.17) is 28.9 Å². The van der Waals surface area contributed by atoms with Gasteiger partial charge in [-0.2, -0.15) is 0 Å². The number of aromatic nitrogens is 2. The quantitative estimate of drug-likeness (QED) is 0.753. The van der Waals surface area contributed by atoms with Crippen molar-refractivity contribution in [3.8, 4) is 0 Å². The second-order valence-electron chi connectivity index (χ2n) is 2.46. The van der Waals surface area contributed by atoms with Gasteiger partial charge in [-0.25, -0.2) is 9.97 Å². The molecule has 4 nitrogen and oxygen atoms in total. The van der Waals surface area contributed by atoms with Gasteiger partial charge in [0.15, 0.2) is 0 Å². The Labute approximate surface area is 85.7 Å². The first-order chi connectivity index (χ1) is 6.16. The van der Waals surface area contributed by atoms with Gasteiger partial charge in [0.1, 0.15) is 16.6 Å². The molecule has 0 amide bonds. The Hall–Kier alpha value is -0.420. The van der Waals surface area contributed by atoms with Gasteiger partial charge in [0.2, 0.25) is 0 Å². The maximum absolute atomic E-state index is 9.55. The Kier molecular flexibility index (Phi) is 3.87. The van der Waals surface area contributed by atoms with Crippen LogP contribution in [0.25, 0.3) is 0 Å². The SMILES string of the molecule is NCCC(O)c1c(Cl)ncnc1Cl. The number of nitrogens with two attached hydrogens (primary N) is 1. The van der Waals surface area contributed by atoms with E-state index in [1.165, 1.54) is 6.33 Å². The highest BCUT2D eigenvalue weighted by Crippen LogP contribution is 2.28. The number of aliphatic hydroxyl groups is 1. The number of hydrogen-bond acceptors (Lipinski definition) is 4. The second-order valence-corrected chi connectivity index (χ2v) is 3.18. The Morgan fingerprint density at radius 1 is 1.38 bits per heavy atom. The van der Waals surface area contributed by atoms with Crippen LogP contribution >= 0.6 is 23.2 Å². The fourth-order valence-corrected chi connectivity index (χ4v) is 1.50. The van der Waals surface area contributed by atoms with Crippen molar-refractivity contribution < 1.29 is 5.11 Å². The van der Waals surface area contributed by atoms with Crippen molar-refractivity contribution in [3.63, 3.8) is 0 Å². The maximum atomic E-state index is 9.55. The zero-order valence-corrected chi connectivity index (χ0v) is 8.26. The summed E-state index contributed by atoms with van der Waals surface area (Å²) in [6.07, 6.45) is 0.821. The van der Waals surface area contributed by atoms with Crippen molar-refractivity contribution in [1.29, 1.82) is 0 Å². The van der Waals surface area contributed by atoms with E-state index in [2.05, 4.69) is 9.97 Å². The number of rotatable bonds is 3. The molecule has 0 aliphatic heterocycles. The molecule has 1 heterocycles. The lowest BCUT2D eigenvalue weighted by Gasteiger charge is -2.11. The average Bonchev–Trinajstić information content (AvgIpc) is 2.04. The van der Waals surface area contributed by atoms with Crippen molar-refractivity contribution in [3.05, 3.63) is 22.2 Å². The molecule has 1 unspecified atom stereocenters. The third-order valence-corrected chi connectivity index (χ3v) is 2.16. The molecule has 6 heteroatoms. The summed E-state index contributed by atoms with van der Waals surface area (Å²) in [5, 5.41) is 9.89. The predicted molar refractivity (Wildman–Crippen MR) is 50.7 cm³/mol. The van der Waals surface area contributed by atoms with E-state index in [0.717, 1.165) is 0 Å². The normalized spacial score (nSPS) is 12.9. The van der Waals surface area contributed by atoms with E-state index in [1.807, 2.05) is 0 Å². The van der Waals surface area contributed by atoms with Crippen molar-refractivity contribution in [2.75, 3.05) is 6.54 Å². The predicted octanol–water partition coefficient (Wildman–Crippen LogP) is 1.17.